The van der Waals surface area contributed by atoms with Crippen molar-refractivity contribution in [3.05, 3.63) is 60.2 Å². The van der Waals surface area contributed by atoms with Gasteiger partial charge in [0.05, 0.1) is 0 Å². The van der Waals surface area contributed by atoms with Gasteiger partial charge in [0.1, 0.15) is 5.75 Å². The Morgan fingerprint density at radius 1 is 1.07 bits per heavy atom. The van der Waals surface area contributed by atoms with Crippen molar-refractivity contribution in [1.29, 1.82) is 0 Å². The van der Waals surface area contributed by atoms with E-state index in [1.165, 1.54) is 18.2 Å². The first kappa shape index (κ1) is 21.6. The number of hydrogen-bond acceptors (Lipinski definition) is 3. The van der Waals surface area contributed by atoms with Crippen LogP contribution in [-0.4, -0.2) is 37.6 Å². The van der Waals surface area contributed by atoms with Crippen LogP contribution < -0.4 is 10.1 Å². The van der Waals surface area contributed by atoms with Crippen molar-refractivity contribution in [2.24, 2.45) is 0 Å². The third-order valence-electron chi connectivity index (χ3n) is 3.85. The quantitative estimate of drug-likeness (QED) is 0.604. The molecule has 0 aromatic heterocycles. The second-order valence-electron chi connectivity index (χ2n) is 6.11. The monoisotopic (exact) mass is 396 g/mol. The molecule has 0 aliphatic carbocycles. The van der Waals surface area contributed by atoms with Gasteiger partial charge in [0.2, 0.25) is 0 Å². The molecule has 0 heterocycles. The van der Waals surface area contributed by atoms with Gasteiger partial charge in [0, 0.05) is 38.6 Å². The minimum Gasteiger partial charge on any atom is -0.406 e. The summed E-state index contributed by atoms with van der Waals surface area (Å²) in [7, 11) is 1.62. The Morgan fingerprint density at radius 3 is 2.50 bits per heavy atom. The summed E-state index contributed by atoms with van der Waals surface area (Å²) in [6.07, 6.45) is -3.25. The highest BCUT2D eigenvalue weighted by Crippen LogP contribution is 2.25. The molecular formula is C20H23F3N2O3. The van der Waals surface area contributed by atoms with E-state index in [-0.39, 0.29) is 11.4 Å². The second-order valence-corrected chi connectivity index (χ2v) is 6.11. The largest absolute Gasteiger partial charge is 0.573 e. The molecule has 0 aliphatic rings. The van der Waals surface area contributed by atoms with Crippen molar-refractivity contribution < 1.29 is 27.4 Å². The Balaban J connectivity index is 2.05. The Kier molecular flexibility index (Phi) is 8.13. The SMILES string of the molecule is COCCCCN(Cc1ccccc1)C(=O)Nc1cccc(OC(F)(F)F)c1. The number of ether oxygens (including phenoxy) is 2. The van der Waals surface area contributed by atoms with Gasteiger partial charge < -0.3 is 19.7 Å². The number of hydrogen-bond donors (Lipinski definition) is 1. The van der Waals surface area contributed by atoms with Gasteiger partial charge in [-0.05, 0) is 30.5 Å². The summed E-state index contributed by atoms with van der Waals surface area (Å²) in [5.74, 6) is -0.389. The van der Waals surface area contributed by atoms with E-state index in [9.17, 15) is 18.0 Å². The number of nitrogens with zero attached hydrogens (tertiary/aromatic N) is 1. The molecule has 152 valence electrons. The Bertz CT molecular complexity index is 739. The molecule has 2 aromatic carbocycles. The Hall–Kier alpha value is -2.74. The lowest BCUT2D eigenvalue weighted by atomic mass is 10.2. The van der Waals surface area contributed by atoms with Crippen molar-refractivity contribution in [3.63, 3.8) is 0 Å². The highest BCUT2D eigenvalue weighted by Gasteiger charge is 2.31. The molecule has 0 fully saturated rings. The van der Waals surface area contributed by atoms with Crippen LogP contribution in [0.25, 0.3) is 0 Å². The highest BCUT2D eigenvalue weighted by atomic mass is 19.4. The van der Waals surface area contributed by atoms with E-state index in [1.54, 1.807) is 12.0 Å². The molecule has 0 saturated heterocycles. The van der Waals surface area contributed by atoms with Crippen LogP contribution in [0.5, 0.6) is 5.75 Å². The van der Waals surface area contributed by atoms with Crippen molar-refractivity contribution in [2.45, 2.75) is 25.7 Å². The predicted octanol–water partition coefficient (Wildman–Crippen LogP) is 5.05. The summed E-state index contributed by atoms with van der Waals surface area (Å²) in [5.41, 5.74) is 1.18. The van der Waals surface area contributed by atoms with Crippen molar-refractivity contribution in [3.8, 4) is 5.75 Å². The van der Waals surface area contributed by atoms with Gasteiger partial charge in [-0.3, -0.25) is 0 Å². The third kappa shape index (κ3) is 7.87. The van der Waals surface area contributed by atoms with Gasteiger partial charge in [-0.15, -0.1) is 13.2 Å². The van der Waals surface area contributed by atoms with Gasteiger partial charge in [-0.1, -0.05) is 36.4 Å². The molecule has 2 aromatic rings. The van der Waals surface area contributed by atoms with E-state index >= 15 is 0 Å². The molecule has 0 bridgehead atoms. The number of halogens is 3. The standard InChI is InChI=1S/C20H23F3N2O3/c1-27-13-6-5-12-25(15-16-8-3-2-4-9-16)19(26)24-17-10-7-11-18(14-17)28-20(21,22)23/h2-4,7-11,14H,5-6,12-13,15H2,1H3,(H,24,26). The van der Waals surface area contributed by atoms with Gasteiger partial charge in [-0.2, -0.15) is 0 Å². The summed E-state index contributed by atoms with van der Waals surface area (Å²) >= 11 is 0. The lowest BCUT2D eigenvalue weighted by Crippen LogP contribution is -2.35. The molecule has 8 heteroatoms. The van der Waals surface area contributed by atoms with Crippen LogP contribution in [0, 0.1) is 0 Å². The van der Waals surface area contributed by atoms with Gasteiger partial charge >= 0.3 is 12.4 Å². The number of benzene rings is 2. The zero-order valence-electron chi connectivity index (χ0n) is 15.5. The number of carbonyl (C=O) groups excluding carboxylic acids is 1. The fourth-order valence-corrected chi connectivity index (χ4v) is 2.58. The summed E-state index contributed by atoms with van der Waals surface area (Å²) in [4.78, 5) is 14.3. The van der Waals surface area contributed by atoms with E-state index < -0.39 is 12.4 Å². The minimum absolute atomic E-state index is 0.224. The molecular weight excluding hydrogens is 373 g/mol. The minimum atomic E-state index is -4.79. The summed E-state index contributed by atoms with van der Waals surface area (Å²) < 4.78 is 46.1. The van der Waals surface area contributed by atoms with E-state index in [0.29, 0.717) is 19.7 Å². The molecule has 2 amide bonds. The lowest BCUT2D eigenvalue weighted by molar-refractivity contribution is -0.274. The zero-order chi connectivity index (χ0) is 20.4. The molecule has 2 rings (SSSR count). The van der Waals surface area contributed by atoms with Crippen molar-refractivity contribution in [1.82, 2.24) is 4.90 Å². The number of anilines is 1. The van der Waals surface area contributed by atoms with Crippen LogP contribution in [0.3, 0.4) is 0 Å². The fraction of sp³-hybridized carbons (Fsp3) is 0.350. The maximum Gasteiger partial charge on any atom is 0.573 e. The average Bonchev–Trinajstić information content (AvgIpc) is 2.64. The van der Waals surface area contributed by atoms with Crippen LogP contribution in [0.2, 0.25) is 0 Å². The summed E-state index contributed by atoms with van der Waals surface area (Å²) in [6.45, 7) is 1.47. The zero-order valence-corrected chi connectivity index (χ0v) is 15.5. The van der Waals surface area contributed by atoms with Gasteiger partial charge in [0.25, 0.3) is 0 Å². The predicted molar refractivity (Wildman–Crippen MR) is 100 cm³/mol. The maximum absolute atomic E-state index is 12.7. The molecule has 0 aliphatic heterocycles. The van der Waals surface area contributed by atoms with E-state index in [4.69, 9.17) is 4.74 Å². The smallest absolute Gasteiger partial charge is 0.406 e. The number of rotatable bonds is 9. The number of nitrogens with one attached hydrogen (secondary N) is 1. The topological polar surface area (TPSA) is 50.8 Å². The van der Waals surface area contributed by atoms with E-state index in [1.807, 2.05) is 30.3 Å². The second kappa shape index (κ2) is 10.6. The molecule has 0 radical (unpaired) electrons. The van der Waals surface area contributed by atoms with E-state index in [0.717, 1.165) is 24.5 Å². The fourth-order valence-electron chi connectivity index (χ4n) is 2.58. The number of unbranched alkanes of at least 4 members (excludes halogenated alkanes) is 1. The van der Waals surface area contributed by atoms with Crippen LogP contribution in [0.1, 0.15) is 18.4 Å². The first-order valence-electron chi connectivity index (χ1n) is 8.82. The Morgan fingerprint density at radius 2 is 1.82 bits per heavy atom. The molecule has 5 nitrogen and oxygen atoms in total. The lowest BCUT2D eigenvalue weighted by Gasteiger charge is -2.23. The normalized spacial score (nSPS) is 11.1. The summed E-state index contributed by atoms with van der Waals surface area (Å²) in [6, 6.07) is 14.3. The third-order valence-corrected chi connectivity index (χ3v) is 3.85. The maximum atomic E-state index is 12.7. The number of methoxy groups -OCH3 is 1. The van der Waals surface area contributed by atoms with Gasteiger partial charge in [0.15, 0.2) is 0 Å². The number of urea groups is 1. The van der Waals surface area contributed by atoms with Crippen LogP contribution in [0.15, 0.2) is 54.6 Å². The molecule has 0 saturated carbocycles. The highest BCUT2D eigenvalue weighted by molar-refractivity contribution is 5.89. The number of carbonyl (C=O) groups is 1. The first-order valence-corrected chi connectivity index (χ1v) is 8.82. The van der Waals surface area contributed by atoms with E-state index in [2.05, 4.69) is 10.1 Å². The molecule has 0 unspecified atom stereocenters. The Labute approximate surface area is 162 Å². The van der Waals surface area contributed by atoms with Crippen LogP contribution >= 0.6 is 0 Å². The average molecular weight is 396 g/mol. The van der Waals surface area contributed by atoms with Crippen molar-refractivity contribution in [2.75, 3.05) is 25.6 Å². The molecule has 28 heavy (non-hydrogen) atoms. The molecule has 1 N–H and O–H groups in total. The van der Waals surface area contributed by atoms with Gasteiger partial charge in [-0.25, -0.2) is 4.79 Å². The molecule has 0 spiro atoms. The summed E-state index contributed by atoms with van der Waals surface area (Å²) in [5, 5.41) is 2.64. The van der Waals surface area contributed by atoms with Crippen LogP contribution in [0.4, 0.5) is 23.7 Å². The van der Waals surface area contributed by atoms with Crippen LogP contribution in [-0.2, 0) is 11.3 Å². The number of amides is 2. The number of alkyl halides is 3. The molecule has 0 atom stereocenters. The first-order chi connectivity index (χ1) is 13.4. The van der Waals surface area contributed by atoms with Crippen molar-refractivity contribution >= 4 is 11.7 Å².